The molecule has 4 aliphatic heterocycles. The minimum Gasteiger partial charge on any atom is -0.350 e. The number of aromatic nitrogens is 2. The molecule has 1 aromatic carbocycles. The van der Waals surface area contributed by atoms with Crippen LogP contribution in [-0.4, -0.2) is 38.9 Å². The van der Waals surface area contributed by atoms with E-state index in [0.29, 0.717) is 35.9 Å². The van der Waals surface area contributed by atoms with Crippen LogP contribution in [0.4, 0.5) is 17.2 Å². The molecule has 0 bridgehead atoms. The number of nitrogens with one attached hydrogen (secondary N) is 2. The van der Waals surface area contributed by atoms with E-state index in [4.69, 9.17) is 21.1 Å². The van der Waals surface area contributed by atoms with Gasteiger partial charge in [-0.1, -0.05) is 11.6 Å². The van der Waals surface area contributed by atoms with Crippen LogP contribution in [0, 0.1) is 0 Å². The van der Waals surface area contributed by atoms with Crippen LogP contribution in [0.15, 0.2) is 47.5 Å². The molecule has 0 saturated heterocycles. The Labute approximate surface area is 191 Å². The molecule has 1 atom stereocenters. The zero-order valence-corrected chi connectivity index (χ0v) is 18.7. The number of nitrogens with zero attached hydrogens (tertiary/aromatic N) is 3. The normalized spacial score (nSPS) is 15.7. The lowest BCUT2D eigenvalue weighted by Crippen LogP contribution is -2.26. The van der Waals surface area contributed by atoms with Gasteiger partial charge in [-0.25, -0.2) is 13.9 Å². The van der Waals surface area contributed by atoms with Gasteiger partial charge in [0, 0.05) is 48.5 Å². The lowest BCUT2D eigenvalue weighted by Gasteiger charge is -2.26. The van der Waals surface area contributed by atoms with Crippen LogP contribution in [0.1, 0.15) is 6.42 Å². The summed E-state index contributed by atoms with van der Waals surface area (Å²) in [6.07, 6.45) is 8.12. The molecule has 4 aliphatic rings. The van der Waals surface area contributed by atoms with Gasteiger partial charge in [0.2, 0.25) is 11.3 Å². The average Bonchev–Trinajstić information content (AvgIpc) is 2.97. The number of fused-ring (bicyclic) bond motifs is 2. The zero-order chi connectivity index (χ0) is 22.4. The van der Waals surface area contributed by atoms with Crippen molar-refractivity contribution in [2.24, 2.45) is 0 Å². The molecule has 5 rings (SSSR count). The second-order valence-electron chi connectivity index (χ2n) is 7.60. The minimum absolute atomic E-state index is 0.171. The Morgan fingerprint density at radius 2 is 2.06 bits per heavy atom. The third kappa shape index (κ3) is 3.53. The quantitative estimate of drug-likeness (QED) is 0.491. The Morgan fingerprint density at radius 3 is 2.81 bits per heavy atom. The third-order valence-corrected chi connectivity index (χ3v) is 6.42. The lowest BCUT2D eigenvalue weighted by molar-refractivity contribution is 0.550. The molecule has 10 heteroatoms. The van der Waals surface area contributed by atoms with E-state index >= 15 is 0 Å². The number of benzene rings is 1. The number of hydrogen-bond donors (Lipinski definition) is 3. The Morgan fingerprint density at radius 1 is 1.28 bits per heavy atom. The Hall–Kier alpha value is -2.98. The van der Waals surface area contributed by atoms with Gasteiger partial charge in [0.25, 0.3) is 5.56 Å². The fourth-order valence-electron chi connectivity index (χ4n) is 4.27. The molecule has 1 aromatic rings. The number of allylic oxidation sites excluding steroid dienone is 1. The summed E-state index contributed by atoms with van der Waals surface area (Å²) in [5.41, 5.74) is 3.79. The highest BCUT2D eigenvalue weighted by molar-refractivity contribution is 7.77. The maximum absolute atomic E-state index is 13.1. The summed E-state index contributed by atoms with van der Waals surface area (Å²) in [7, 11) is 1.89. The topological polar surface area (TPSA) is 102 Å². The van der Waals surface area contributed by atoms with Gasteiger partial charge in [-0.2, -0.15) is 0 Å². The van der Waals surface area contributed by atoms with Crippen LogP contribution >= 0.6 is 11.6 Å². The standard InChI is InChI=1S/C22H20ClN5O3S/c1-27-10-7-13(6-9-25-32(30)31)16-12-24-21-18-17(26-22(29)19(18)20(16)27)8-11-28(21)15-4-2-14(23)3-5-15/h2-5,7-8,10,12,25H,6,9,11H2,1H3,(H,26,29)(H,30,31). The summed E-state index contributed by atoms with van der Waals surface area (Å²) in [4.78, 5) is 24.9. The molecule has 32 heavy (non-hydrogen) atoms. The van der Waals surface area contributed by atoms with Crippen LogP contribution in [-0.2, 0) is 11.3 Å². The van der Waals surface area contributed by atoms with Gasteiger partial charge in [0.15, 0.2) is 0 Å². The van der Waals surface area contributed by atoms with Crippen molar-refractivity contribution in [1.29, 1.82) is 0 Å². The van der Waals surface area contributed by atoms with E-state index in [9.17, 15) is 9.00 Å². The second kappa shape index (κ2) is 8.18. The zero-order valence-electron chi connectivity index (χ0n) is 17.1. The van der Waals surface area contributed by atoms with E-state index in [1.54, 1.807) is 6.20 Å². The van der Waals surface area contributed by atoms with Crippen LogP contribution in [0.25, 0.3) is 22.8 Å². The molecule has 0 saturated carbocycles. The molecule has 164 valence electrons. The SMILES string of the molecule is CN1C=CC(CCNS(=O)O)=c2cnc3c4c([nH]c(=O)c-4c21)=CCN3c1ccc(Cl)cc1. The molecule has 0 amide bonds. The van der Waals surface area contributed by atoms with Crippen molar-refractivity contribution in [2.45, 2.75) is 6.42 Å². The van der Waals surface area contributed by atoms with Crippen molar-refractivity contribution >= 4 is 51.7 Å². The summed E-state index contributed by atoms with van der Waals surface area (Å²) in [6.45, 7) is 0.871. The van der Waals surface area contributed by atoms with E-state index in [1.807, 2.05) is 59.5 Å². The van der Waals surface area contributed by atoms with E-state index in [0.717, 1.165) is 33.1 Å². The van der Waals surface area contributed by atoms with Crippen molar-refractivity contribution < 1.29 is 8.76 Å². The van der Waals surface area contributed by atoms with Gasteiger partial charge in [0.1, 0.15) is 5.82 Å². The second-order valence-corrected chi connectivity index (χ2v) is 8.82. The van der Waals surface area contributed by atoms with E-state index < -0.39 is 11.3 Å². The van der Waals surface area contributed by atoms with Crippen molar-refractivity contribution in [2.75, 3.05) is 29.9 Å². The predicted octanol–water partition coefficient (Wildman–Crippen LogP) is 1.69. The van der Waals surface area contributed by atoms with Gasteiger partial charge in [-0.05, 0) is 48.4 Å². The maximum Gasteiger partial charge on any atom is 0.258 e. The third-order valence-electron chi connectivity index (χ3n) is 5.72. The van der Waals surface area contributed by atoms with Gasteiger partial charge < -0.3 is 14.8 Å². The van der Waals surface area contributed by atoms with Gasteiger partial charge in [-0.3, -0.25) is 9.35 Å². The molecule has 4 heterocycles. The number of halogens is 1. The number of anilines is 3. The van der Waals surface area contributed by atoms with Crippen LogP contribution in [0.3, 0.4) is 0 Å². The van der Waals surface area contributed by atoms with Crippen molar-refractivity contribution in [3.8, 4) is 11.1 Å². The van der Waals surface area contributed by atoms with E-state index in [-0.39, 0.29) is 5.56 Å². The monoisotopic (exact) mass is 469 g/mol. The van der Waals surface area contributed by atoms with Crippen LogP contribution in [0.5, 0.6) is 0 Å². The minimum atomic E-state index is -2.08. The highest BCUT2D eigenvalue weighted by Gasteiger charge is 2.29. The summed E-state index contributed by atoms with van der Waals surface area (Å²) >= 11 is 3.99. The molecular weight excluding hydrogens is 450 g/mol. The Bertz CT molecular complexity index is 1420. The number of hydrogen-bond acceptors (Lipinski definition) is 5. The van der Waals surface area contributed by atoms with Crippen LogP contribution < -0.4 is 30.6 Å². The summed E-state index contributed by atoms with van der Waals surface area (Å²) in [6, 6.07) is 7.52. The van der Waals surface area contributed by atoms with Gasteiger partial charge in [0.05, 0.1) is 22.2 Å². The highest BCUT2D eigenvalue weighted by atomic mass is 35.5. The van der Waals surface area contributed by atoms with E-state index in [1.165, 1.54) is 0 Å². The van der Waals surface area contributed by atoms with E-state index in [2.05, 4.69) is 9.71 Å². The predicted molar refractivity (Wildman–Crippen MR) is 128 cm³/mol. The Balaban J connectivity index is 1.74. The molecule has 0 spiro atoms. The fraction of sp³-hybridized carbons (Fsp3) is 0.182. The first-order valence-corrected chi connectivity index (χ1v) is 11.5. The van der Waals surface area contributed by atoms with Crippen molar-refractivity contribution in [1.82, 2.24) is 14.7 Å². The number of aromatic amines is 1. The molecule has 0 radical (unpaired) electrons. The first-order valence-electron chi connectivity index (χ1n) is 10.0. The van der Waals surface area contributed by atoms with Gasteiger partial charge in [-0.15, -0.1) is 0 Å². The molecule has 0 aromatic heterocycles. The summed E-state index contributed by atoms with van der Waals surface area (Å²) < 4.78 is 22.5. The smallest absolute Gasteiger partial charge is 0.258 e. The molecule has 3 N–H and O–H groups in total. The molecule has 1 unspecified atom stereocenters. The first kappa shape index (κ1) is 20.9. The number of H-pyrrole nitrogens is 1. The fourth-order valence-corrected chi connectivity index (χ4v) is 4.68. The molecule has 8 nitrogen and oxygen atoms in total. The van der Waals surface area contributed by atoms with Gasteiger partial charge >= 0.3 is 0 Å². The lowest BCUT2D eigenvalue weighted by atomic mass is 10.0. The van der Waals surface area contributed by atoms with Crippen LogP contribution in [0.2, 0.25) is 5.02 Å². The highest BCUT2D eigenvalue weighted by Crippen LogP contribution is 2.36. The molecule has 0 fully saturated rings. The Kier molecular flexibility index (Phi) is 5.34. The largest absolute Gasteiger partial charge is 0.350 e. The summed E-state index contributed by atoms with van der Waals surface area (Å²) in [5, 5.41) is 2.23. The number of rotatable bonds is 5. The maximum atomic E-state index is 13.1. The molecule has 0 aliphatic carbocycles. The summed E-state index contributed by atoms with van der Waals surface area (Å²) in [5.74, 6) is 0.690. The molecular formula is C22H20ClN5O3S. The average molecular weight is 470 g/mol. The van der Waals surface area contributed by atoms with Crippen molar-refractivity contribution in [3.05, 3.63) is 68.7 Å². The van der Waals surface area contributed by atoms with Crippen molar-refractivity contribution in [3.63, 3.8) is 0 Å². The first-order chi connectivity index (χ1) is 15.4.